The topological polar surface area (TPSA) is 55.1 Å². The van der Waals surface area contributed by atoms with Crippen molar-refractivity contribution in [1.82, 2.24) is 5.32 Å². The van der Waals surface area contributed by atoms with Crippen molar-refractivity contribution in [2.45, 2.75) is 12.5 Å². The third kappa shape index (κ3) is 4.18. The first-order chi connectivity index (χ1) is 5.22. The van der Waals surface area contributed by atoms with Gasteiger partial charge in [0.1, 0.15) is 0 Å². The second-order valence-corrected chi connectivity index (χ2v) is 2.05. The van der Waals surface area contributed by atoms with E-state index < -0.39 is 6.04 Å². The SMILES string of the molecule is C#CCNC(=O)[C@H](N)CC=C. The van der Waals surface area contributed by atoms with E-state index in [1.54, 1.807) is 6.08 Å². The molecule has 0 fully saturated rings. The minimum absolute atomic E-state index is 0.226. The van der Waals surface area contributed by atoms with Crippen molar-refractivity contribution in [2.24, 2.45) is 5.73 Å². The quantitative estimate of drug-likeness (QED) is 0.427. The molecule has 0 aromatic carbocycles. The third-order valence-corrected chi connectivity index (χ3v) is 1.12. The van der Waals surface area contributed by atoms with E-state index in [4.69, 9.17) is 12.2 Å². The number of nitrogens with two attached hydrogens (primary N) is 1. The highest BCUT2D eigenvalue weighted by molar-refractivity contribution is 5.81. The molecule has 0 unspecified atom stereocenters. The first kappa shape index (κ1) is 9.73. The highest BCUT2D eigenvalue weighted by Crippen LogP contribution is 1.87. The van der Waals surface area contributed by atoms with Crippen LogP contribution in [0.5, 0.6) is 0 Å². The first-order valence-electron chi connectivity index (χ1n) is 3.30. The highest BCUT2D eigenvalue weighted by Gasteiger charge is 2.08. The lowest BCUT2D eigenvalue weighted by atomic mass is 10.2. The molecule has 0 spiro atoms. The summed E-state index contributed by atoms with van der Waals surface area (Å²) in [7, 11) is 0. The van der Waals surface area contributed by atoms with Gasteiger partial charge in [0, 0.05) is 0 Å². The number of amides is 1. The number of nitrogens with one attached hydrogen (secondary N) is 1. The zero-order valence-corrected chi connectivity index (χ0v) is 6.34. The molecule has 0 aromatic rings. The van der Waals surface area contributed by atoms with Crippen LogP contribution in [0.1, 0.15) is 6.42 Å². The smallest absolute Gasteiger partial charge is 0.237 e. The highest BCUT2D eigenvalue weighted by atomic mass is 16.2. The van der Waals surface area contributed by atoms with Gasteiger partial charge in [0.2, 0.25) is 5.91 Å². The van der Waals surface area contributed by atoms with Gasteiger partial charge in [0.25, 0.3) is 0 Å². The maximum atomic E-state index is 10.9. The summed E-state index contributed by atoms with van der Waals surface area (Å²) in [4.78, 5) is 10.9. The molecule has 0 aromatic heterocycles. The fraction of sp³-hybridized carbons (Fsp3) is 0.375. The van der Waals surface area contributed by atoms with E-state index in [1.807, 2.05) is 0 Å². The second kappa shape index (κ2) is 5.51. The fourth-order valence-corrected chi connectivity index (χ4v) is 0.556. The van der Waals surface area contributed by atoms with Crippen molar-refractivity contribution in [3.63, 3.8) is 0 Å². The van der Waals surface area contributed by atoms with E-state index in [2.05, 4.69) is 17.8 Å². The molecule has 0 saturated heterocycles. The molecule has 0 aliphatic rings. The molecule has 3 heteroatoms. The van der Waals surface area contributed by atoms with Gasteiger partial charge in [-0.25, -0.2) is 0 Å². The van der Waals surface area contributed by atoms with Crippen molar-refractivity contribution in [2.75, 3.05) is 6.54 Å². The van der Waals surface area contributed by atoms with Crippen molar-refractivity contribution in [3.8, 4) is 12.3 Å². The molecule has 0 rings (SSSR count). The van der Waals surface area contributed by atoms with Crippen LogP contribution in [0.15, 0.2) is 12.7 Å². The Morgan fingerprint density at radius 1 is 1.91 bits per heavy atom. The normalized spacial score (nSPS) is 11.3. The molecular weight excluding hydrogens is 140 g/mol. The Labute approximate surface area is 66.7 Å². The Morgan fingerprint density at radius 2 is 2.55 bits per heavy atom. The largest absolute Gasteiger partial charge is 0.344 e. The first-order valence-corrected chi connectivity index (χ1v) is 3.30. The van der Waals surface area contributed by atoms with Crippen LogP contribution >= 0.6 is 0 Å². The average molecular weight is 152 g/mol. The fourth-order valence-electron chi connectivity index (χ4n) is 0.556. The van der Waals surface area contributed by atoms with Gasteiger partial charge in [-0.2, -0.15) is 0 Å². The summed E-state index contributed by atoms with van der Waals surface area (Å²) in [6.45, 7) is 3.69. The number of terminal acetylenes is 1. The molecule has 3 nitrogen and oxygen atoms in total. The van der Waals surface area contributed by atoms with Gasteiger partial charge in [-0.05, 0) is 6.42 Å². The van der Waals surface area contributed by atoms with Gasteiger partial charge in [0.15, 0.2) is 0 Å². The Bertz CT molecular complexity index is 181. The number of rotatable bonds is 4. The lowest BCUT2D eigenvalue weighted by Crippen LogP contribution is -2.40. The summed E-state index contributed by atoms with van der Waals surface area (Å²) in [6.07, 6.45) is 6.99. The van der Waals surface area contributed by atoms with E-state index >= 15 is 0 Å². The zero-order valence-electron chi connectivity index (χ0n) is 6.34. The molecule has 60 valence electrons. The number of hydrogen-bond donors (Lipinski definition) is 2. The van der Waals surface area contributed by atoms with Crippen LogP contribution in [-0.4, -0.2) is 18.5 Å². The molecule has 0 saturated carbocycles. The molecule has 0 aliphatic heterocycles. The molecular formula is C8H12N2O. The number of hydrogen-bond acceptors (Lipinski definition) is 2. The summed E-state index contributed by atoms with van der Waals surface area (Å²) in [5.41, 5.74) is 5.42. The van der Waals surface area contributed by atoms with E-state index in [0.717, 1.165) is 0 Å². The summed E-state index contributed by atoms with van der Waals surface area (Å²) in [5.74, 6) is 2.05. The maximum absolute atomic E-state index is 10.9. The van der Waals surface area contributed by atoms with Crippen LogP contribution in [0.25, 0.3) is 0 Å². The molecule has 0 bridgehead atoms. The van der Waals surface area contributed by atoms with Crippen LogP contribution in [0, 0.1) is 12.3 Å². The van der Waals surface area contributed by atoms with Crippen molar-refractivity contribution >= 4 is 5.91 Å². The molecule has 0 aliphatic carbocycles. The predicted molar refractivity (Wildman–Crippen MR) is 44.6 cm³/mol. The van der Waals surface area contributed by atoms with Crippen LogP contribution < -0.4 is 11.1 Å². The molecule has 0 radical (unpaired) electrons. The van der Waals surface area contributed by atoms with E-state index in [-0.39, 0.29) is 12.5 Å². The summed E-state index contributed by atoms with van der Waals surface area (Å²) in [5, 5.41) is 2.47. The summed E-state index contributed by atoms with van der Waals surface area (Å²) < 4.78 is 0. The lowest BCUT2D eigenvalue weighted by Gasteiger charge is -2.06. The predicted octanol–water partition coefficient (Wildman–Crippen LogP) is -0.361. The molecule has 1 amide bonds. The number of carbonyl (C=O) groups excluding carboxylic acids is 1. The monoisotopic (exact) mass is 152 g/mol. The van der Waals surface area contributed by atoms with Crippen LogP contribution in [0.4, 0.5) is 0 Å². The maximum Gasteiger partial charge on any atom is 0.237 e. The molecule has 1 atom stereocenters. The third-order valence-electron chi connectivity index (χ3n) is 1.12. The van der Waals surface area contributed by atoms with Gasteiger partial charge in [0.05, 0.1) is 12.6 Å². The standard InChI is InChI=1S/C8H12N2O/c1-3-5-7(9)8(11)10-6-4-2/h2-3,7H,1,5-6,9H2,(H,10,11)/t7-/m1/s1. The Hall–Kier alpha value is -1.27. The second-order valence-electron chi connectivity index (χ2n) is 2.05. The van der Waals surface area contributed by atoms with Gasteiger partial charge in [-0.15, -0.1) is 13.0 Å². The Morgan fingerprint density at radius 3 is 3.00 bits per heavy atom. The summed E-state index contributed by atoms with van der Waals surface area (Å²) >= 11 is 0. The number of carbonyl (C=O) groups is 1. The van der Waals surface area contributed by atoms with E-state index in [1.165, 1.54) is 0 Å². The average Bonchev–Trinajstić information content (AvgIpc) is 2.00. The molecule has 11 heavy (non-hydrogen) atoms. The van der Waals surface area contributed by atoms with Crippen molar-refractivity contribution in [3.05, 3.63) is 12.7 Å². The van der Waals surface area contributed by atoms with Gasteiger partial charge in [-0.1, -0.05) is 12.0 Å². The van der Waals surface area contributed by atoms with Crippen LogP contribution in [0.2, 0.25) is 0 Å². The van der Waals surface area contributed by atoms with Crippen LogP contribution in [0.3, 0.4) is 0 Å². The molecule has 0 heterocycles. The van der Waals surface area contributed by atoms with E-state index in [0.29, 0.717) is 6.42 Å². The van der Waals surface area contributed by atoms with Crippen LogP contribution in [-0.2, 0) is 4.79 Å². The van der Waals surface area contributed by atoms with Gasteiger partial charge >= 0.3 is 0 Å². The van der Waals surface area contributed by atoms with Gasteiger partial charge in [-0.3, -0.25) is 4.79 Å². The summed E-state index contributed by atoms with van der Waals surface area (Å²) in [6, 6.07) is -0.527. The van der Waals surface area contributed by atoms with Crippen molar-refractivity contribution < 1.29 is 4.79 Å². The molecule has 3 N–H and O–H groups in total. The zero-order chi connectivity index (χ0) is 8.69. The van der Waals surface area contributed by atoms with Crippen molar-refractivity contribution in [1.29, 1.82) is 0 Å². The Kier molecular flexibility index (Phi) is 4.87. The minimum Gasteiger partial charge on any atom is -0.344 e. The Balaban J connectivity index is 3.65. The minimum atomic E-state index is -0.527. The van der Waals surface area contributed by atoms with Gasteiger partial charge < -0.3 is 11.1 Å². The van der Waals surface area contributed by atoms with E-state index in [9.17, 15) is 4.79 Å². The lowest BCUT2D eigenvalue weighted by molar-refractivity contribution is -0.122.